The minimum absolute atomic E-state index is 0.749. The summed E-state index contributed by atoms with van der Waals surface area (Å²) in [4.78, 5) is 4.60. The zero-order chi connectivity index (χ0) is 44.5. The minimum Gasteiger partial charge on any atom is -0.456 e. The topological polar surface area (TPSA) is 59.0 Å². The average Bonchev–Trinajstić information content (AvgIpc) is 4.17. The van der Waals surface area contributed by atoms with Crippen LogP contribution in [-0.4, -0.2) is 0 Å². The van der Waals surface area contributed by atoms with Gasteiger partial charge in [0.1, 0.15) is 33.5 Å². The zero-order valence-electron chi connectivity index (χ0n) is 36.3. The molecule has 0 amide bonds. The molecule has 0 bridgehead atoms. The van der Waals surface area contributed by atoms with Gasteiger partial charge in [0.05, 0.1) is 0 Å². The molecule has 0 unspecified atom stereocenters. The van der Waals surface area contributed by atoms with Gasteiger partial charge in [-0.05, 0) is 144 Å². The molecule has 0 N–H and O–H groups in total. The van der Waals surface area contributed by atoms with Gasteiger partial charge in [-0.2, -0.15) is 0 Å². The molecule has 0 aliphatic carbocycles. The van der Waals surface area contributed by atoms with E-state index in [1.807, 2.05) is 24.3 Å². The second-order valence-corrected chi connectivity index (χ2v) is 17.6. The number of benzene rings is 11. The Kier molecular flexibility index (Phi) is 7.69. The van der Waals surface area contributed by atoms with E-state index in [1.54, 1.807) is 0 Å². The molecule has 15 rings (SSSR count). The van der Waals surface area contributed by atoms with Gasteiger partial charge in [0.25, 0.3) is 0 Å². The largest absolute Gasteiger partial charge is 0.456 e. The fourth-order valence-electron chi connectivity index (χ4n) is 10.6. The van der Waals surface area contributed by atoms with Crippen LogP contribution < -0.4 is 9.80 Å². The smallest absolute Gasteiger partial charge is 0.178 e. The van der Waals surface area contributed by atoms with E-state index in [0.717, 1.165) is 143 Å². The van der Waals surface area contributed by atoms with E-state index in [-0.39, 0.29) is 0 Å². The van der Waals surface area contributed by atoms with Gasteiger partial charge < -0.3 is 27.5 Å². The standard InChI is InChI=1S/C62H36N2O4/c1-3-11-39(12-4-1)63(43-23-31-57-53(35-43)47-15-7-9-17-55(47)65-57)41-21-27-45-37(33-41)19-25-49-51-29-30-52-50-26-20-38-34-42(22-28-46(38)60(50)68-62(52)61(51)67-59(45)49)64(40-13-5-2-6-14-40)44-24-32-58-54(36-44)48-16-8-10-18-56(48)66-58/h1-36H. The van der Waals surface area contributed by atoms with Gasteiger partial charge in [-0.15, -0.1) is 0 Å². The van der Waals surface area contributed by atoms with Gasteiger partial charge in [0.2, 0.25) is 0 Å². The van der Waals surface area contributed by atoms with Crippen LogP contribution in [0.25, 0.3) is 109 Å². The number of para-hydroxylation sites is 4. The third-order valence-electron chi connectivity index (χ3n) is 13.8. The molecule has 0 radical (unpaired) electrons. The molecule has 0 saturated heterocycles. The summed E-state index contributed by atoms with van der Waals surface area (Å²) in [6, 6.07) is 76.7. The summed E-state index contributed by atoms with van der Waals surface area (Å²) in [5.41, 5.74) is 13.0. The molecular weight excluding hydrogens is 837 g/mol. The van der Waals surface area contributed by atoms with Gasteiger partial charge in [-0.25, -0.2) is 0 Å². The number of furan rings is 4. The molecule has 6 heteroatoms. The van der Waals surface area contributed by atoms with Crippen LogP contribution in [0.4, 0.5) is 34.1 Å². The first-order chi connectivity index (χ1) is 33.7. The number of hydrogen-bond donors (Lipinski definition) is 0. The van der Waals surface area contributed by atoms with Gasteiger partial charge >= 0.3 is 0 Å². The SMILES string of the molecule is c1ccc(N(c2ccc3c(ccc4c5ccc6c7ccc8cc(N(c9ccccc9)c9ccc%10oc%11ccccc%11c%10c9)ccc8c7oc6c5oc34)c2)c2ccc3oc4ccccc4c3c2)cc1. The maximum absolute atomic E-state index is 6.94. The van der Waals surface area contributed by atoms with Crippen molar-refractivity contribution >= 4 is 143 Å². The lowest BCUT2D eigenvalue weighted by Crippen LogP contribution is -2.09. The van der Waals surface area contributed by atoms with E-state index in [0.29, 0.717) is 0 Å². The molecular formula is C62H36N2O4. The number of anilines is 6. The maximum atomic E-state index is 6.94. The van der Waals surface area contributed by atoms with Crippen LogP contribution in [0.15, 0.2) is 236 Å². The Bertz CT molecular complexity index is 4230. The first-order valence-electron chi connectivity index (χ1n) is 22.9. The van der Waals surface area contributed by atoms with Crippen LogP contribution in [-0.2, 0) is 0 Å². The number of fused-ring (bicyclic) bond motifs is 17. The Morgan fingerprint density at radius 1 is 0.206 bits per heavy atom. The monoisotopic (exact) mass is 872 g/mol. The predicted molar refractivity (Wildman–Crippen MR) is 280 cm³/mol. The molecule has 0 spiro atoms. The van der Waals surface area contributed by atoms with Gasteiger partial charge in [0, 0.05) is 88.0 Å². The van der Waals surface area contributed by atoms with Gasteiger partial charge in [0.15, 0.2) is 11.2 Å². The Morgan fingerprint density at radius 2 is 0.559 bits per heavy atom. The number of rotatable bonds is 6. The molecule has 0 aliphatic rings. The van der Waals surface area contributed by atoms with Crippen molar-refractivity contribution in [2.75, 3.05) is 9.80 Å². The average molecular weight is 873 g/mol. The molecule has 4 heterocycles. The summed E-state index contributed by atoms with van der Waals surface area (Å²) in [6.45, 7) is 0. The number of nitrogens with zero attached hydrogens (tertiary/aromatic N) is 2. The molecule has 0 atom stereocenters. The maximum Gasteiger partial charge on any atom is 0.178 e. The van der Waals surface area contributed by atoms with E-state index in [2.05, 4.69) is 204 Å². The summed E-state index contributed by atoms with van der Waals surface area (Å²) in [7, 11) is 0. The third-order valence-corrected chi connectivity index (χ3v) is 13.8. The van der Waals surface area contributed by atoms with E-state index in [9.17, 15) is 0 Å². The quantitative estimate of drug-likeness (QED) is 0.166. The van der Waals surface area contributed by atoms with Crippen LogP contribution in [0.3, 0.4) is 0 Å². The Hall–Kier alpha value is -9.26. The second kappa shape index (κ2) is 14.1. The van der Waals surface area contributed by atoms with Crippen molar-refractivity contribution in [3.63, 3.8) is 0 Å². The number of hydrogen-bond acceptors (Lipinski definition) is 6. The Morgan fingerprint density at radius 3 is 1.03 bits per heavy atom. The summed E-state index contributed by atoms with van der Waals surface area (Å²) in [5.74, 6) is 0. The summed E-state index contributed by atoms with van der Waals surface area (Å²) in [5, 5.41) is 12.8. The first-order valence-corrected chi connectivity index (χ1v) is 22.9. The van der Waals surface area contributed by atoms with Gasteiger partial charge in [-0.1, -0.05) is 84.9 Å². The van der Waals surface area contributed by atoms with Crippen LogP contribution in [0, 0.1) is 0 Å². The van der Waals surface area contributed by atoms with Crippen LogP contribution >= 0.6 is 0 Å². The Labute approximate surface area is 387 Å². The lowest BCUT2D eigenvalue weighted by Gasteiger charge is -2.26. The summed E-state index contributed by atoms with van der Waals surface area (Å²) < 4.78 is 26.3. The molecule has 6 nitrogen and oxygen atoms in total. The highest BCUT2D eigenvalue weighted by Gasteiger charge is 2.22. The zero-order valence-corrected chi connectivity index (χ0v) is 36.3. The second-order valence-electron chi connectivity index (χ2n) is 17.6. The van der Waals surface area contributed by atoms with E-state index in [4.69, 9.17) is 17.7 Å². The summed E-state index contributed by atoms with van der Waals surface area (Å²) >= 11 is 0. The van der Waals surface area contributed by atoms with Crippen molar-refractivity contribution in [3.8, 4) is 0 Å². The van der Waals surface area contributed by atoms with E-state index < -0.39 is 0 Å². The Balaban J connectivity index is 0.846. The van der Waals surface area contributed by atoms with Crippen molar-refractivity contribution in [3.05, 3.63) is 218 Å². The fraction of sp³-hybridized carbons (Fsp3) is 0. The van der Waals surface area contributed by atoms with Crippen molar-refractivity contribution in [2.45, 2.75) is 0 Å². The van der Waals surface area contributed by atoms with Crippen LogP contribution in [0.2, 0.25) is 0 Å². The normalized spacial score (nSPS) is 12.1. The van der Waals surface area contributed by atoms with Crippen molar-refractivity contribution < 1.29 is 17.7 Å². The molecule has 0 saturated carbocycles. The molecule has 0 aliphatic heterocycles. The van der Waals surface area contributed by atoms with Gasteiger partial charge in [-0.3, -0.25) is 0 Å². The van der Waals surface area contributed by atoms with Crippen molar-refractivity contribution in [1.82, 2.24) is 0 Å². The van der Waals surface area contributed by atoms with Crippen molar-refractivity contribution in [2.24, 2.45) is 0 Å². The lowest BCUT2D eigenvalue weighted by atomic mass is 10.0. The lowest BCUT2D eigenvalue weighted by molar-refractivity contribution is 0.637. The molecule has 4 aromatic heterocycles. The molecule has 318 valence electrons. The highest BCUT2D eigenvalue weighted by Crippen LogP contribution is 2.46. The van der Waals surface area contributed by atoms with Crippen LogP contribution in [0.1, 0.15) is 0 Å². The van der Waals surface area contributed by atoms with E-state index in [1.165, 1.54) is 0 Å². The van der Waals surface area contributed by atoms with E-state index >= 15 is 0 Å². The molecule has 68 heavy (non-hydrogen) atoms. The highest BCUT2D eigenvalue weighted by atomic mass is 16.4. The molecule has 15 aromatic rings. The highest BCUT2D eigenvalue weighted by molar-refractivity contribution is 6.24. The predicted octanol–water partition coefficient (Wildman–Crippen LogP) is 18.5. The molecule has 11 aromatic carbocycles. The fourth-order valence-corrected chi connectivity index (χ4v) is 10.6. The first kappa shape index (κ1) is 37.0. The minimum atomic E-state index is 0.749. The summed E-state index contributed by atoms with van der Waals surface area (Å²) in [6.07, 6.45) is 0. The molecule has 0 fully saturated rings. The van der Waals surface area contributed by atoms with Crippen molar-refractivity contribution in [1.29, 1.82) is 0 Å². The van der Waals surface area contributed by atoms with Crippen LogP contribution in [0.5, 0.6) is 0 Å². The third kappa shape index (κ3) is 5.46.